The van der Waals surface area contributed by atoms with Crippen LogP contribution < -0.4 is 10.9 Å². The van der Waals surface area contributed by atoms with Crippen molar-refractivity contribution in [2.75, 3.05) is 13.1 Å². The fraction of sp³-hybridized carbons (Fsp3) is 0.462. The van der Waals surface area contributed by atoms with Gasteiger partial charge in [-0.2, -0.15) is 0 Å². The summed E-state index contributed by atoms with van der Waals surface area (Å²) in [6.45, 7) is 2.88. The van der Waals surface area contributed by atoms with E-state index in [1.807, 2.05) is 0 Å². The van der Waals surface area contributed by atoms with Crippen LogP contribution in [0.1, 0.15) is 30.1 Å². The lowest BCUT2D eigenvalue weighted by Gasteiger charge is -2.31. The summed E-state index contributed by atoms with van der Waals surface area (Å²) < 4.78 is 0. The summed E-state index contributed by atoms with van der Waals surface area (Å²) in [4.78, 5) is 38.5. The minimum Gasteiger partial charge on any atom is -0.349 e. The van der Waals surface area contributed by atoms with E-state index in [1.54, 1.807) is 17.9 Å². The van der Waals surface area contributed by atoms with Crippen molar-refractivity contribution in [3.63, 3.8) is 0 Å². The molecule has 0 saturated carbocycles. The lowest BCUT2D eigenvalue weighted by Crippen LogP contribution is -2.46. The Morgan fingerprint density at radius 3 is 2.63 bits per heavy atom. The van der Waals surface area contributed by atoms with Crippen molar-refractivity contribution in [1.82, 2.24) is 15.2 Å². The van der Waals surface area contributed by atoms with Crippen LogP contribution in [0.5, 0.6) is 0 Å². The third-order valence-electron chi connectivity index (χ3n) is 3.31. The average Bonchev–Trinajstić information content (AvgIpc) is 2.39. The van der Waals surface area contributed by atoms with Crippen molar-refractivity contribution in [2.45, 2.75) is 25.8 Å². The first kappa shape index (κ1) is 13.3. The number of aromatic nitrogens is 1. The van der Waals surface area contributed by atoms with Gasteiger partial charge in [0.1, 0.15) is 0 Å². The fourth-order valence-electron chi connectivity index (χ4n) is 2.19. The van der Waals surface area contributed by atoms with E-state index in [0.29, 0.717) is 18.7 Å². The number of nitrogens with one attached hydrogen (secondary N) is 2. The van der Waals surface area contributed by atoms with E-state index in [1.165, 1.54) is 12.3 Å². The number of aromatic amines is 1. The molecular weight excluding hydrogens is 246 g/mol. The number of piperidine rings is 1. The number of likely N-dealkylation sites (tertiary alicyclic amines) is 1. The van der Waals surface area contributed by atoms with Crippen molar-refractivity contribution in [3.8, 4) is 0 Å². The largest absolute Gasteiger partial charge is 0.349 e. The number of carbonyl (C=O) groups excluding carboxylic acids is 2. The lowest BCUT2D eigenvalue weighted by atomic mass is 10.0. The van der Waals surface area contributed by atoms with Crippen LogP contribution in [-0.2, 0) is 4.79 Å². The Kier molecular flexibility index (Phi) is 3.99. The summed E-state index contributed by atoms with van der Waals surface area (Å²) in [5.74, 6) is -0.174. The normalized spacial score (nSPS) is 16.2. The summed E-state index contributed by atoms with van der Waals surface area (Å²) in [7, 11) is 0. The summed E-state index contributed by atoms with van der Waals surface area (Å²) in [6, 6.07) is 2.91. The zero-order chi connectivity index (χ0) is 13.8. The highest BCUT2D eigenvalue weighted by Crippen LogP contribution is 2.11. The van der Waals surface area contributed by atoms with Crippen LogP contribution in [0.15, 0.2) is 23.1 Å². The van der Waals surface area contributed by atoms with Crippen molar-refractivity contribution in [2.24, 2.45) is 0 Å². The number of pyridine rings is 1. The van der Waals surface area contributed by atoms with Crippen LogP contribution in [0.25, 0.3) is 0 Å². The van der Waals surface area contributed by atoms with Crippen LogP contribution in [0.3, 0.4) is 0 Å². The van der Waals surface area contributed by atoms with E-state index >= 15 is 0 Å². The van der Waals surface area contributed by atoms with Crippen molar-refractivity contribution in [3.05, 3.63) is 34.2 Å². The number of hydrogen-bond donors (Lipinski definition) is 2. The van der Waals surface area contributed by atoms with E-state index in [-0.39, 0.29) is 23.4 Å². The van der Waals surface area contributed by atoms with Crippen LogP contribution in [0.2, 0.25) is 0 Å². The second-order valence-corrected chi connectivity index (χ2v) is 4.70. The first-order valence-electron chi connectivity index (χ1n) is 6.31. The third-order valence-corrected chi connectivity index (χ3v) is 3.31. The molecule has 0 aliphatic carbocycles. The van der Waals surface area contributed by atoms with Gasteiger partial charge in [-0.1, -0.05) is 0 Å². The molecule has 0 bridgehead atoms. The van der Waals surface area contributed by atoms with Crippen LogP contribution in [-0.4, -0.2) is 40.8 Å². The number of hydrogen-bond acceptors (Lipinski definition) is 3. The molecular formula is C13H17N3O3. The van der Waals surface area contributed by atoms with Gasteiger partial charge in [-0.25, -0.2) is 0 Å². The summed E-state index contributed by atoms with van der Waals surface area (Å²) in [5, 5.41) is 2.89. The molecule has 2 heterocycles. The van der Waals surface area contributed by atoms with E-state index in [0.717, 1.165) is 12.8 Å². The van der Waals surface area contributed by atoms with Gasteiger partial charge in [0, 0.05) is 43.9 Å². The molecule has 1 saturated heterocycles. The SMILES string of the molecule is CC(=O)N1CCC(NC(=O)c2cc[nH]c(=O)c2)CC1. The molecule has 0 radical (unpaired) electrons. The predicted octanol–water partition coefficient (Wildman–Crippen LogP) is 0.116. The quantitative estimate of drug-likeness (QED) is 0.795. The molecule has 19 heavy (non-hydrogen) atoms. The van der Waals surface area contributed by atoms with Crippen LogP contribution in [0, 0.1) is 0 Å². The van der Waals surface area contributed by atoms with Gasteiger partial charge >= 0.3 is 0 Å². The van der Waals surface area contributed by atoms with Gasteiger partial charge in [-0.05, 0) is 18.9 Å². The summed E-state index contributed by atoms with van der Waals surface area (Å²) in [5.41, 5.74) is 0.0665. The monoisotopic (exact) mass is 263 g/mol. The standard InChI is InChI=1S/C13H17N3O3/c1-9(17)16-6-3-11(4-7-16)15-13(19)10-2-5-14-12(18)8-10/h2,5,8,11H,3-4,6-7H2,1H3,(H,14,18)(H,15,19). The van der Waals surface area contributed by atoms with E-state index in [2.05, 4.69) is 10.3 Å². The van der Waals surface area contributed by atoms with E-state index in [9.17, 15) is 14.4 Å². The highest BCUT2D eigenvalue weighted by Gasteiger charge is 2.22. The average molecular weight is 263 g/mol. The third kappa shape index (κ3) is 3.43. The number of carbonyl (C=O) groups is 2. The zero-order valence-electron chi connectivity index (χ0n) is 10.8. The topological polar surface area (TPSA) is 82.3 Å². The zero-order valence-corrected chi connectivity index (χ0v) is 10.8. The Bertz CT molecular complexity index is 530. The Labute approximate surface area is 110 Å². The smallest absolute Gasteiger partial charge is 0.251 e. The Balaban J connectivity index is 1.91. The Morgan fingerprint density at radius 1 is 1.37 bits per heavy atom. The Hall–Kier alpha value is -2.11. The molecule has 1 aliphatic rings. The molecule has 1 aliphatic heterocycles. The molecule has 1 aromatic heterocycles. The molecule has 0 atom stereocenters. The molecule has 6 nitrogen and oxygen atoms in total. The second kappa shape index (κ2) is 5.69. The fourth-order valence-corrected chi connectivity index (χ4v) is 2.19. The molecule has 1 fully saturated rings. The lowest BCUT2D eigenvalue weighted by molar-refractivity contribution is -0.129. The molecule has 2 amide bonds. The minimum absolute atomic E-state index is 0.0578. The molecule has 2 N–H and O–H groups in total. The first-order valence-corrected chi connectivity index (χ1v) is 6.31. The summed E-state index contributed by atoms with van der Waals surface area (Å²) >= 11 is 0. The van der Waals surface area contributed by atoms with Gasteiger partial charge < -0.3 is 15.2 Å². The minimum atomic E-state index is -0.293. The number of amides is 2. The molecule has 6 heteroatoms. The van der Waals surface area contributed by atoms with E-state index in [4.69, 9.17) is 0 Å². The maximum atomic E-state index is 11.9. The van der Waals surface area contributed by atoms with Gasteiger partial charge in [0.2, 0.25) is 11.5 Å². The van der Waals surface area contributed by atoms with Crippen molar-refractivity contribution >= 4 is 11.8 Å². The van der Waals surface area contributed by atoms with Crippen molar-refractivity contribution < 1.29 is 9.59 Å². The van der Waals surface area contributed by atoms with Crippen LogP contribution in [0.4, 0.5) is 0 Å². The molecule has 2 rings (SSSR count). The molecule has 0 spiro atoms. The molecule has 1 aromatic rings. The highest BCUT2D eigenvalue weighted by molar-refractivity contribution is 5.94. The van der Waals surface area contributed by atoms with Gasteiger partial charge in [0.05, 0.1) is 0 Å². The molecule has 0 unspecified atom stereocenters. The van der Waals surface area contributed by atoms with Gasteiger partial charge in [-0.15, -0.1) is 0 Å². The number of rotatable bonds is 2. The molecule has 102 valence electrons. The summed E-state index contributed by atoms with van der Waals surface area (Å²) in [6.07, 6.45) is 2.94. The number of H-pyrrole nitrogens is 1. The van der Waals surface area contributed by atoms with Crippen LogP contribution >= 0.6 is 0 Å². The number of nitrogens with zero attached hydrogens (tertiary/aromatic N) is 1. The maximum Gasteiger partial charge on any atom is 0.251 e. The van der Waals surface area contributed by atoms with Gasteiger partial charge in [0.25, 0.3) is 5.91 Å². The van der Waals surface area contributed by atoms with Gasteiger partial charge in [0.15, 0.2) is 0 Å². The Morgan fingerprint density at radius 2 is 2.05 bits per heavy atom. The maximum absolute atomic E-state index is 11.9. The second-order valence-electron chi connectivity index (χ2n) is 4.70. The first-order chi connectivity index (χ1) is 9.06. The highest BCUT2D eigenvalue weighted by atomic mass is 16.2. The van der Waals surface area contributed by atoms with E-state index < -0.39 is 0 Å². The van der Waals surface area contributed by atoms with Gasteiger partial charge in [-0.3, -0.25) is 14.4 Å². The van der Waals surface area contributed by atoms with Crippen molar-refractivity contribution in [1.29, 1.82) is 0 Å². The molecule has 0 aromatic carbocycles. The predicted molar refractivity (Wildman–Crippen MR) is 69.8 cm³/mol.